The van der Waals surface area contributed by atoms with Gasteiger partial charge in [-0.25, -0.2) is 0 Å². The Bertz CT molecular complexity index is 650. The lowest BCUT2D eigenvalue weighted by molar-refractivity contribution is -0.131. The van der Waals surface area contributed by atoms with E-state index >= 15 is 0 Å². The number of carbonyl (C=O) groups excluding carboxylic acids is 3. The van der Waals surface area contributed by atoms with Gasteiger partial charge in [-0.2, -0.15) is 0 Å². The summed E-state index contributed by atoms with van der Waals surface area (Å²) < 4.78 is 5.22. The van der Waals surface area contributed by atoms with Crippen LogP contribution in [0.15, 0.2) is 16.7 Å². The minimum Gasteiger partial charge on any atom is -0.459 e. The van der Waals surface area contributed by atoms with E-state index in [0.29, 0.717) is 0 Å². The first-order valence-electron chi connectivity index (χ1n) is 8.72. The third kappa shape index (κ3) is 6.54. The molecule has 1 rings (SSSR count). The predicted molar refractivity (Wildman–Crippen MR) is 99.6 cm³/mol. The van der Waals surface area contributed by atoms with E-state index in [1.807, 2.05) is 20.8 Å². The molecule has 0 aliphatic heterocycles. The molecule has 0 fully saturated rings. The second-order valence-electron chi connectivity index (χ2n) is 8.56. The Labute approximate surface area is 155 Å². The van der Waals surface area contributed by atoms with Gasteiger partial charge >= 0.3 is 0 Å². The van der Waals surface area contributed by atoms with E-state index in [0.717, 1.165) is 5.56 Å². The molecule has 0 aliphatic rings. The second kappa shape index (κ2) is 8.38. The summed E-state index contributed by atoms with van der Waals surface area (Å²) in [6.45, 7) is 13.2. The van der Waals surface area contributed by atoms with Crippen molar-refractivity contribution in [3.63, 3.8) is 0 Å². The van der Waals surface area contributed by atoms with Crippen LogP contribution in [0.1, 0.15) is 57.7 Å². The molecule has 0 saturated carbocycles. The summed E-state index contributed by atoms with van der Waals surface area (Å²) in [6, 6.07) is 1.42. The third-order valence-corrected chi connectivity index (χ3v) is 4.01. The number of carbonyl (C=O) groups is 3. The minimum atomic E-state index is -0.552. The first-order chi connectivity index (χ1) is 11.8. The highest BCUT2D eigenvalue weighted by atomic mass is 16.3. The van der Waals surface area contributed by atoms with Crippen LogP contribution in [0.2, 0.25) is 0 Å². The number of rotatable bonds is 6. The zero-order chi connectivity index (χ0) is 20.1. The van der Waals surface area contributed by atoms with Gasteiger partial charge in [0.1, 0.15) is 0 Å². The van der Waals surface area contributed by atoms with Crippen molar-refractivity contribution in [3.05, 3.63) is 23.7 Å². The van der Waals surface area contributed by atoms with Gasteiger partial charge in [-0.15, -0.1) is 0 Å². The molecule has 3 amide bonds. The maximum absolute atomic E-state index is 12.4. The molecule has 3 N–H and O–H groups in total. The number of furan rings is 1. The largest absolute Gasteiger partial charge is 0.459 e. The van der Waals surface area contributed by atoms with Crippen LogP contribution < -0.4 is 16.0 Å². The number of amides is 3. The van der Waals surface area contributed by atoms with E-state index < -0.39 is 5.41 Å². The van der Waals surface area contributed by atoms with Gasteiger partial charge < -0.3 is 20.4 Å². The Morgan fingerprint density at radius 1 is 1.08 bits per heavy atom. The zero-order valence-corrected chi connectivity index (χ0v) is 16.8. The Balaban J connectivity index is 2.61. The Morgan fingerprint density at radius 3 is 2.15 bits per heavy atom. The van der Waals surface area contributed by atoms with Gasteiger partial charge in [0.05, 0.1) is 18.8 Å². The van der Waals surface area contributed by atoms with E-state index in [1.54, 1.807) is 33.8 Å². The molecule has 0 spiro atoms. The molecule has 0 radical (unpaired) electrons. The Hall–Kier alpha value is -2.31. The van der Waals surface area contributed by atoms with Crippen molar-refractivity contribution in [3.8, 4) is 0 Å². The molecule has 7 heteroatoms. The number of nitrogens with one attached hydrogen (secondary N) is 3. The van der Waals surface area contributed by atoms with Crippen molar-refractivity contribution in [1.82, 2.24) is 16.0 Å². The summed E-state index contributed by atoms with van der Waals surface area (Å²) in [5.41, 5.74) is -0.0784. The SMILES string of the molecule is Cc1ccoc1C(=O)NC(CNC(=O)CNC(=O)C(C)(C)C)C(C)(C)C. The molecule has 0 saturated heterocycles. The molecule has 26 heavy (non-hydrogen) atoms. The highest BCUT2D eigenvalue weighted by molar-refractivity contribution is 5.93. The molecule has 146 valence electrons. The number of aryl methyl sites for hydroxylation is 1. The van der Waals surface area contributed by atoms with Gasteiger partial charge in [-0.1, -0.05) is 41.5 Å². The first-order valence-corrected chi connectivity index (χ1v) is 8.72. The van der Waals surface area contributed by atoms with Crippen molar-refractivity contribution in [2.75, 3.05) is 13.1 Å². The molecule has 1 heterocycles. The van der Waals surface area contributed by atoms with Crippen molar-refractivity contribution < 1.29 is 18.8 Å². The van der Waals surface area contributed by atoms with Crippen LogP contribution >= 0.6 is 0 Å². The summed E-state index contributed by atoms with van der Waals surface area (Å²) in [5.74, 6) is -0.548. The summed E-state index contributed by atoms with van der Waals surface area (Å²) in [5, 5.41) is 8.27. The smallest absolute Gasteiger partial charge is 0.287 e. The van der Waals surface area contributed by atoms with Gasteiger partial charge in [0, 0.05) is 17.5 Å². The van der Waals surface area contributed by atoms with Gasteiger partial charge in [0.2, 0.25) is 11.8 Å². The predicted octanol–water partition coefficient (Wildman–Crippen LogP) is 2.01. The van der Waals surface area contributed by atoms with E-state index in [4.69, 9.17) is 4.42 Å². The maximum atomic E-state index is 12.4. The molecular weight excluding hydrogens is 334 g/mol. The van der Waals surface area contributed by atoms with Crippen LogP contribution in [0.25, 0.3) is 0 Å². The zero-order valence-electron chi connectivity index (χ0n) is 16.8. The van der Waals surface area contributed by atoms with Crippen molar-refractivity contribution in [1.29, 1.82) is 0 Å². The molecule has 0 bridgehead atoms. The lowest BCUT2D eigenvalue weighted by Crippen LogP contribution is -2.52. The lowest BCUT2D eigenvalue weighted by atomic mass is 9.86. The van der Waals surface area contributed by atoms with E-state index in [-0.39, 0.29) is 48.0 Å². The fraction of sp³-hybridized carbons (Fsp3) is 0.632. The summed E-state index contributed by atoms with van der Waals surface area (Å²) in [7, 11) is 0. The van der Waals surface area contributed by atoms with E-state index in [2.05, 4.69) is 16.0 Å². The molecule has 1 atom stereocenters. The molecule has 1 aromatic rings. The second-order valence-corrected chi connectivity index (χ2v) is 8.56. The fourth-order valence-corrected chi connectivity index (χ4v) is 2.11. The molecule has 0 aliphatic carbocycles. The molecule has 1 aromatic heterocycles. The van der Waals surface area contributed by atoms with E-state index in [9.17, 15) is 14.4 Å². The molecule has 1 unspecified atom stereocenters. The van der Waals surface area contributed by atoms with Crippen LogP contribution in [0.5, 0.6) is 0 Å². The molecular formula is C19H31N3O4. The van der Waals surface area contributed by atoms with E-state index in [1.165, 1.54) is 6.26 Å². The van der Waals surface area contributed by atoms with Crippen LogP contribution in [0, 0.1) is 17.8 Å². The average Bonchev–Trinajstić information content (AvgIpc) is 2.92. The fourth-order valence-electron chi connectivity index (χ4n) is 2.11. The number of hydrogen-bond donors (Lipinski definition) is 3. The minimum absolute atomic E-state index is 0.0990. The highest BCUT2D eigenvalue weighted by Crippen LogP contribution is 2.20. The Morgan fingerprint density at radius 2 is 1.69 bits per heavy atom. The van der Waals surface area contributed by atoms with Crippen molar-refractivity contribution in [2.45, 2.75) is 54.5 Å². The third-order valence-electron chi connectivity index (χ3n) is 4.01. The van der Waals surface area contributed by atoms with Gasteiger partial charge in [-0.05, 0) is 18.4 Å². The molecule has 0 aromatic carbocycles. The summed E-state index contributed by atoms with van der Waals surface area (Å²) in [6.07, 6.45) is 1.47. The van der Waals surface area contributed by atoms with Crippen LogP contribution in [0.3, 0.4) is 0 Å². The highest BCUT2D eigenvalue weighted by Gasteiger charge is 2.28. The van der Waals surface area contributed by atoms with Crippen molar-refractivity contribution in [2.24, 2.45) is 10.8 Å². The summed E-state index contributed by atoms with van der Waals surface area (Å²) in [4.78, 5) is 36.2. The lowest BCUT2D eigenvalue weighted by Gasteiger charge is -2.31. The Kier molecular flexibility index (Phi) is 7.00. The first kappa shape index (κ1) is 21.7. The monoisotopic (exact) mass is 365 g/mol. The average molecular weight is 365 g/mol. The topological polar surface area (TPSA) is 100 Å². The maximum Gasteiger partial charge on any atom is 0.287 e. The number of hydrogen-bond acceptors (Lipinski definition) is 4. The summed E-state index contributed by atoms with van der Waals surface area (Å²) >= 11 is 0. The van der Waals surface area contributed by atoms with Crippen molar-refractivity contribution >= 4 is 17.7 Å². The molecule has 7 nitrogen and oxygen atoms in total. The van der Waals surface area contributed by atoms with Crippen LogP contribution in [0.4, 0.5) is 0 Å². The van der Waals surface area contributed by atoms with Gasteiger partial charge in [0.15, 0.2) is 5.76 Å². The normalized spacial score (nSPS) is 13.0. The van der Waals surface area contributed by atoms with Crippen LogP contribution in [-0.4, -0.2) is 36.9 Å². The van der Waals surface area contributed by atoms with Crippen LogP contribution in [-0.2, 0) is 9.59 Å². The standard InChI is InChI=1S/C19H31N3O4/c1-12-8-9-26-15(12)16(24)22-13(18(2,3)4)10-20-14(23)11-21-17(25)19(5,6)7/h8-9,13H,10-11H2,1-7H3,(H,20,23)(H,21,25)(H,22,24). The van der Waals surface area contributed by atoms with Gasteiger partial charge in [-0.3, -0.25) is 14.4 Å². The quantitative estimate of drug-likeness (QED) is 0.718. The van der Waals surface area contributed by atoms with Gasteiger partial charge in [0.25, 0.3) is 5.91 Å².